The molecule has 2 aliphatic rings. The molecule has 4 rings (SSSR count). The molecule has 2 aromatic rings. The molecule has 0 aromatic heterocycles. The van der Waals surface area contributed by atoms with Gasteiger partial charge in [-0.25, -0.2) is 0 Å². The van der Waals surface area contributed by atoms with Gasteiger partial charge in [0.1, 0.15) is 11.5 Å². The van der Waals surface area contributed by atoms with Crippen LogP contribution in [-0.2, 0) is 4.74 Å². The van der Waals surface area contributed by atoms with Gasteiger partial charge in [-0.1, -0.05) is 87.4 Å². The molecule has 0 spiro atoms. The second-order valence-corrected chi connectivity index (χ2v) is 15.8. The third-order valence-corrected chi connectivity index (χ3v) is 11.4. The van der Waals surface area contributed by atoms with Crippen LogP contribution in [0.1, 0.15) is 136 Å². The summed E-state index contributed by atoms with van der Waals surface area (Å²) >= 11 is 11.6. The number of ether oxygens (including phenoxy) is 1. The first-order valence-electron chi connectivity index (χ1n) is 20.4. The van der Waals surface area contributed by atoms with Crippen LogP contribution in [0.4, 0.5) is 0 Å². The zero-order chi connectivity index (χ0) is 37.7. The second-order valence-electron chi connectivity index (χ2n) is 15.0. The topological polar surface area (TPSA) is 114 Å². The van der Waals surface area contributed by atoms with Crippen LogP contribution in [0, 0.1) is 0 Å². The van der Waals surface area contributed by atoms with E-state index in [4.69, 9.17) is 27.9 Å². The Balaban J connectivity index is 0.883. The highest BCUT2D eigenvalue weighted by Crippen LogP contribution is 2.25. The van der Waals surface area contributed by atoms with E-state index in [-0.39, 0.29) is 33.4 Å². The molecule has 0 aliphatic carbocycles. The maximum Gasteiger partial charge on any atom is 0.251 e. The molecule has 11 heteroatoms. The predicted octanol–water partition coefficient (Wildman–Crippen LogP) is 8.97. The molecule has 9 nitrogen and oxygen atoms in total. The van der Waals surface area contributed by atoms with Crippen LogP contribution in [0.2, 0.25) is 10.0 Å². The summed E-state index contributed by atoms with van der Waals surface area (Å²) in [5, 5.41) is 25.7. The molecule has 0 atom stereocenters. The third-order valence-electron chi connectivity index (χ3n) is 10.7. The number of nitrogens with zero attached hydrogens (tertiary/aromatic N) is 2. The predicted molar refractivity (Wildman–Crippen MR) is 216 cm³/mol. The zero-order valence-corrected chi connectivity index (χ0v) is 33.3. The van der Waals surface area contributed by atoms with Gasteiger partial charge in [0.15, 0.2) is 0 Å². The highest BCUT2D eigenvalue weighted by atomic mass is 35.5. The standard InChI is InChI=1S/C42H64Cl2N4O5/c43-37-17-15-33(31-39(37)49)41(51)45-23-11-7-3-1-5-9-13-25-47-27-19-35(20-28-47)53-36-21-29-48(30-22-36)26-14-10-6-2-4-8-12-24-46-42(52)34-16-18-38(44)40(50)32-34/h15-18,31-32,35-36,49-50H,1-14,19-30H2,(H,45,51)(H,46,52). The van der Waals surface area contributed by atoms with Crippen molar-refractivity contribution in [2.75, 3.05) is 52.4 Å². The second kappa shape index (κ2) is 24.8. The molecule has 2 heterocycles. The van der Waals surface area contributed by atoms with Gasteiger partial charge in [0, 0.05) is 50.4 Å². The van der Waals surface area contributed by atoms with Crippen molar-refractivity contribution in [3.63, 3.8) is 0 Å². The number of phenolic OH excluding ortho intramolecular Hbond substituents is 2. The van der Waals surface area contributed by atoms with E-state index in [1.807, 2.05) is 0 Å². The maximum atomic E-state index is 12.2. The van der Waals surface area contributed by atoms with Gasteiger partial charge in [-0.15, -0.1) is 0 Å². The van der Waals surface area contributed by atoms with Gasteiger partial charge in [0.05, 0.1) is 22.3 Å². The molecule has 0 radical (unpaired) electrons. The first kappa shape index (κ1) is 43.2. The van der Waals surface area contributed by atoms with Crippen molar-refractivity contribution < 1.29 is 24.5 Å². The Morgan fingerprint density at radius 1 is 0.566 bits per heavy atom. The van der Waals surface area contributed by atoms with Crippen LogP contribution >= 0.6 is 23.2 Å². The number of phenols is 2. The summed E-state index contributed by atoms with van der Waals surface area (Å²) < 4.78 is 6.58. The molecule has 0 unspecified atom stereocenters. The number of likely N-dealkylation sites (tertiary alicyclic amines) is 2. The van der Waals surface area contributed by atoms with Crippen molar-refractivity contribution in [2.45, 2.75) is 128 Å². The SMILES string of the molecule is O=C(NCCCCCCCCCN1CCC(OC2CCN(CCCCCCCCCNC(=O)c3ccc(Cl)c(O)c3)CC2)CC1)c1ccc(Cl)c(O)c1. The smallest absolute Gasteiger partial charge is 0.251 e. The molecular formula is C42H64Cl2N4O5. The Labute approximate surface area is 328 Å². The highest BCUT2D eigenvalue weighted by molar-refractivity contribution is 6.32. The lowest BCUT2D eigenvalue weighted by atomic mass is 10.0. The summed E-state index contributed by atoms with van der Waals surface area (Å²) in [6.45, 7) is 8.37. The molecule has 0 bridgehead atoms. The van der Waals surface area contributed by atoms with Gasteiger partial charge < -0.3 is 35.4 Å². The van der Waals surface area contributed by atoms with Crippen LogP contribution in [0.15, 0.2) is 36.4 Å². The number of unbranched alkanes of at least 4 members (excludes halogenated alkanes) is 12. The molecule has 2 saturated heterocycles. The van der Waals surface area contributed by atoms with Crippen molar-refractivity contribution in [3.05, 3.63) is 57.6 Å². The van der Waals surface area contributed by atoms with Crippen molar-refractivity contribution in [2.24, 2.45) is 0 Å². The number of piperidine rings is 2. The summed E-state index contributed by atoms with van der Waals surface area (Å²) in [5.74, 6) is -0.478. The van der Waals surface area contributed by atoms with Gasteiger partial charge >= 0.3 is 0 Å². The number of benzene rings is 2. The van der Waals surface area contributed by atoms with E-state index in [1.165, 1.54) is 127 Å². The van der Waals surface area contributed by atoms with Crippen LogP contribution in [0.3, 0.4) is 0 Å². The lowest BCUT2D eigenvalue weighted by Gasteiger charge is -2.37. The Morgan fingerprint density at radius 3 is 1.26 bits per heavy atom. The molecule has 0 saturated carbocycles. The fourth-order valence-electron chi connectivity index (χ4n) is 7.41. The highest BCUT2D eigenvalue weighted by Gasteiger charge is 2.25. The number of nitrogens with one attached hydrogen (secondary N) is 2. The summed E-state index contributed by atoms with van der Waals surface area (Å²) in [6, 6.07) is 9.14. The van der Waals surface area contributed by atoms with E-state index in [0.29, 0.717) is 36.4 Å². The first-order valence-corrected chi connectivity index (χ1v) is 21.2. The molecule has 2 aromatic carbocycles. The Kier molecular flexibility index (Phi) is 20.2. The van der Waals surface area contributed by atoms with Crippen LogP contribution in [-0.4, -0.2) is 96.4 Å². The minimum Gasteiger partial charge on any atom is -0.506 e. The van der Waals surface area contributed by atoms with Crippen LogP contribution in [0.25, 0.3) is 0 Å². The summed E-state index contributed by atoms with van der Waals surface area (Å²) in [5.41, 5.74) is 0.864. The number of amides is 2. The van der Waals surface area contributed by atoms with Gasteiger partial charge in [-0.05, 0) is 101 Å². The minimum atomic E-state index is -0.172. The summed E-state index contributed by atoms with van der Waals surface area (Å²) in [7, 11) is 0. The van der Waals surface area contributed by atoms with E-state index >= 15 is 0 Å². The number of carbonyl (C=O) groups is 2. The number of halogens is 2. The average molecular weight is 776 g/mol. The lowest BCUT2D eigenvalue weighted by Crippen LogP contribution is -2.42. The van der Waals surface area contributed by atoms with Crippen molar-refractivity contribution >= 4 is 35.0 Å². The number of rotatable bonds is 24. The number of hydrogen-bond donors (Lipinski definition) is 4. The normalized spacial score (nSPS) is 16.2. The fraction of sp³-hybridized carbons (Fsp3) is 0.667. The summed E-state index contributed by atoms with van der Waals surface area (Å²) in [4.78, 5) is 29.6. The van der Waals surface area contributed by atoms with Gasteiger partial charge in [0.25, 0.3) is 11.8 Å². The number of hydrogen-bond acceptors (Lipinski definition) is 7. The third kappa shape index (κ3) is 16.8. The molecule has 4 N–H and O–H groups in total. The molecule has 53 heavy (non-hydrogen) atoms. The number of aromatic hydroxyl groups is 2. The van der Waals surface area contributed by atoms with E-state index in [0.717, 1.165) is 51.9 Å². The van der Waals surface area contributed by atoms with Crippen LogP contribution < -0.4 is 10.6 Å². The van der Waals surface area contributed by atoms with Gasteiger partial charge in [-0.3, -0.25) is 9.59 Å². The Morgan fingerprint density at radius 2 is 0.906 bits per heavy atom. The van der Waals surface area contributed by atoms with Crippen molar-refractivity contribution in [1.29, 1.82) is 0 Å². The Hall–Kier alpha value is -2.56. The van der Waals surface area contributed by atoms with E-state index in [9.17, 15) is 19.8 Å². The molecule has 296 valence electrons. The fourth-order valence-corrected chi connectivity index (χ4v) is 7.65. The monoisotopic (exact) mass is 774 g/mol. The van der Waals surface area contributed by atoms with Gasteiger partial charge in [-0.2, -0.15) is 0 Å². The molecule has 2 amide bonds. The Bertz CT molecular complexity index is 1260. The quantitative estimate of drug-likeness (QED) is 0.0788. The molecular weight excluding hydrogens is 711 g/mol. The largest absolute Gasteiger partial charge is 0.506 e. The van der Waals surface area contributed by atoms with Crippen LogP contribution in [0.5, 0.6) is 11.5 Å². The minimum absolute atomic E-state index is 0.0674. The van der Waals surface area contributed by atoms with E-state index < -0.39 is 0 Å². The number of carbonyl (C=O) groups excluding carboxylic acids is 2. The zero-order valence-electron chi connectivity index (χ0n) is 31.8. The summed E-state index contributed by atoms with van der Waals surface area (Å²) in [6.07, 6.45) is 22.3. The van der Waals surface area contributed by atoms with Crippen molar-refractivity contribution in [1.82, 2.24) is 20.4 Å². The van der Waals surface area contributed by atoms with Crippen molar-refractivity contribution in [3.8, 4) is 11.5 Å². The molecule has 2 aliphatic heterocycles. The maximum absolute atomic E-state index is 12.2. The first-order chi connectivity index (χ1) is 25.8. The van der Waals surface area contributed by atoms with E-state index in [1.54, 1.807) is 12.1 Å². The lowest BCUT2D eigenvalue weighted by molar-refractivity contribution is -0.0650. The van der Waals surface area contributed by atoms with Gasteiger partial charge in [0.2, 0.25) is 0 Å². The van der Waals surface area contributed by atoms with E-state index in [2.05, 4.69) is 20.4 Å². The average Bonchev–Trinajstić information content (AvgIpc) is 3.16. The molecule has 2 fully saturated rings.